The maximum atomic E-state index is 12.1. The van der Waals surface area contributed by atoms with Gasteiger partial charge in [0.15, 0.2) is 0 Å². The number of hydrogen-bond donors (Lipinski definition) is 2. The molecule has 0 aliphatic carbocycles. The first-order valence-corrected chi connectivity index (χ1v) is 7.29. The average molecular weight is 297 g/mol. The first-order valence-electron chi connectivity index (χ1n) is 7.29. The topological polar surface area (TPSA) is 58.6 Å². The summed E-state index contributed by atoms with van der Waals surface area (Å²) in [6.45, 7) is 2.20. The number of aliphatic hydroxyl groups excluding tert-OH is 1. The molecular weight excluding hydrogens is 278 g/mol. The number of benzene rings is 2. The molecule has 1 unspecified atom stereocenters. The predicted octanol–water partition coefficient (Wildman–Crippen LogP) is 2.03. The van der Waals surface area contributed by atoms with E-state index in [2.05, 4.69) is 5.32 Å². The van der Waals surface area contributed by atoms with E-state index >= 15 is 0 Å². The van der Waals surface area contributed by atoms with Gasteiger partial charge in [0, 0.05) is 12.6 Å². The van der Waals surface area contributed by atoms with Crippen LogP contribution >= 0.6 is 0 Å². The minimum absolute atomic E-state index is 0.0688. The highest BCUT2D eigenvalue weighted by atomic mass is 16.5. The summed E-state index contributed by atoms with van der Waals surface area (Å²) in [4.78, 5) is 12.1. The zero-order valence-corrected chi connectivity index (χ0v) is 12.7. The van der Waals surface area contributed by atoms with Crippen LogP contribution in [0.3, 0.4) is 0 Å². The molecule has 114 valence electrons. The summed E-state index contributed by atoms with van der Waals surface area (Å²) < 4.78 is 5.85. The van der Waals surface area contributed by atoms with Crippen LogP contribution in [0.4, 0.5) is 0 Å². The molecule has 2 aromatic carbocycles. The Hall–Kier alpha value is -2.33. The summed E-state index contributed by atoms with van der Waals surface area (Å²) in [5.74, 6) is 0.393. The van der Waals surface area contributed by atoms with Crippen LogP contribution in [0, 0.1) is 6.92 Å². The number of hydrogen-bond acceptors (Lipinski definition) is 3. The molecule has 22 heavy (non-hydrogen) atoms. The molecule has 1 atom stereocenters. The fraction of sp³-hybridized carbons (Fsp3) is 0.278. The molecule has 0 aromatic heterocycles. The second kappa shape index (κ2) is 5.46. The Kier molecular flexibility index (Phi) is 3.62. The molecule has 1 aliphatic rings. The van der Waals surface area contributed by atoms with Crippen LogP contribution in [0.5, 0.6) is 5.75 Å². The first kappa shape index (κ1) is 14.6. The van der Waals surface area contributed by atoms with Gasteiger partial charge in [-0.05, 0) is 24.1 Å². The maximum absolute atomic E-state index is 12.1. The lowest BCUT2D eigenvalue weighted by Crippen LogP contribution is -2.33. The number of aryl methyl sites for hydroxylation is 1. The summed E-state index contributed by atoms with van der Waals surface area (Å²) in [7, 11) is 1.60. The van der Waals surface area contributed by atoms with Crippen molar-refractivity contribution >= 4 is 5.91 Å². The van der Waals surface area contributed by atoms with Gasteiger partial charge in [-0.1, -0.05) is 36.4 Å². The zero-order chi connectivity index (χ0) is 15.7. The van der Waals surface area contributed by atoms with Gasteiger partial charge in [-0.25, -0.2) is 0 Å². The predicted molar refractivity (Wildman–Crippen MR) is 84.4 cm³/mol. The van der Waals surface area contributed by atoms with Crippen LogP contribution in [0.1, 0.15) is 27.0 Å². The smallest absolute Gasteiger partial charge is 0.254 e. The zero-order valence-electron chi connectivity index (χ0n) is 12.7. The Bertz CT molecular complexity index is 712. The van der Waals surface area contributed by atoms with E-state index < -0.39 is 5.41 Å². The Morgan fingerprint density at radius 3 is 2.68 bits per heavy atom. The highest BCUT2D eigenvalue weighted by Crippen LogP contribution is 2.45. The van der Waals surface area contributed by atoms with E-state index in [1.807, 2.05) is 49.4 Å². The lowest BCUT2D eigenvalue weighted by atomic mass is 9.76. The number of rotatable bonds is 3. The van der Waals surface area contributed by atoms with E-state index in [-0.39, 0.29) is 12.5 Å². The monoisotopic (exact) mass is 297 g/mol. The fourth-order valence-corrected chi connectivity index (χ4v) is 3.08. The van der Waals surface area contributed by atoms with Crippen molar-refractivity contribution in [2.75, 3.05) is 20.3 Å². The SMILES string of the molecule is CNC(=O)c1cc(C)cc2c1OCC2(CO)c1ccccc1. The second-order valence-corrected chi connectivity index (χ2v) is 5.66. The van der Waals surface area contributed by atoms with E-state index in [9.17, 15) is 9.90 Å². The van der Waals surface area contributed by atoms with Gasteiger partial charge >= 0.3 is 0 Å². The van der Waals surface area contributed by atoms with Crippen molar-refractivity contribution in [3.05, 3.63) is 64.7 Å². The van der Waals surface area contributed by atoms with Crippen LogP contribution < -0.4 is 10.1 Å². The number of carbonyl (C=O) groups is 1. The molecule has 1 aliphatic heterocycles. The third-order valence-corrected chi connectivity index (χ3v) is 4.28. The van der Waals surface area contributed by atoms with Crippen molar-refractivity contribution < 1.29 is 14.6 Å². The van der Waals surface area contributed by atoms with E-state index in [4.69, 9.17) is 4.74 Å². The minimum Gasteiger partial charge on any atom is -0.491 e. The molecule has 4 nitrogen and oxygen atoms in total. The largest absolute Gasteiger partial charge is 0.491 e. The van der Waals surface area contributed by atoms with Crippen molar-refractivity contribution in [3.63, 3.8) is 0 Å². The minimum atomic E-state index is -0.620. The van der Waals surface area contributed by atoms with Crippen molar-refractivity contribution in [3.8, 4) is 5.75 Å². The number of amides is 1. The highest BCUT2D eigenvalue weighted by molar-refractivity contribution is 5.98. The third kappa shape index (κ3) is 2.07. The molecule has 0 bridgehead atoms. The Morgan fingerprint density at radius 2 is 2.05 bits per heavy atom. The van der Waals surface area contributed by atoms with Crippen LogP contribution in [0.2, 0.25) is 0 Å². The molecule has 4 heteroatoms. The number of ether oxygens (including phenoxy) is 1. The highest BCUT2D eigenvalue weighted by Gasteiger charge is 2.43. The number of fused-ring (bicyclic) bond motifs is 1. The average Bonchev–Trinajstić information content (AvgIpc) is 2.93. The van der Waals surface area contributed by atoms with Gasteiger partial charge in [0.1, 0.15) is 12.4 Å². The van der Waals surface area contributed by atoms with Gasteiger partial charge < -0.3 is 15.2 Å². The summed E-state index contributed by atoms with van der Waals surface area (Å²) in [5, 5.41) is 12.8. The van der Waals surface area contributed by atoms with Gasteiger partial charge in [0.25, 0.3) is 5.91 Å². The molecule has 1 amide bonds. The number of nitrogens with one attached hydrogen (secondary N) is 1. The lowest BCUT2D eigenvalue weighted by Gasteiger charge is -2.26. The second-order valence-electron chi connectivity index (χ2n) is 5.66. The van der Waals surface area contributed by atoms with Crippen molar-refractivity contribution in [2.45, 2.75) is 12.3 Å². The van der Waals surface area contributed by atoms with Gasteiger partial charge in [-0.3, -0.25) is 4.79 Å². The van der Waals surface area contributed by atoms with E-state index in [0.29, 0.717) is 17.9 Å². The number of aliphatic hydroxyl groups is 1. The summed E-state index contributed by atoms with van der Waals surface area (Å²) >= 11 is 0. The van der Waals surface area contributed by atoms with Crippen molar-refractivity contribution in [2.24, 2.45) is 0 Å². The molecule has 0 fully saturated rings. The Morgan fingerprint density at radius 1 is 1.32 bits per heavy atom. The molecule has 3 rings (SSSR count). The van der Waals surface area contributed by atoms with Crippen LogP contribution in [-0.2, 0) is 5.41 Å². The van der Waals surface area contributed by atoms with Gasteiger partial charge in [0.2, 0.25) is 0 Å². The molecule has 1 heterocycles. The fourth-order valence-electron chi connectivity index (χ4n) is 3.08. The van der Waals surface area contributed by atoms with Crippen LogP contribution in [0.25, 0.3) is 0 Å². The van der Waals surface area contributed by atoms with E-state index in [1.165, 1.54) is 0 Å². The molecule has 2 aromatic rings. The molecule has 0 radical (unpaired) electrons. The molecule has 0 saturated carbocycles. The summed E-state index contributed by atoms with van der Waals surface area (Å²) in [6.07, 6.45) is 0. The van der Waals surface area contributed by atoms with E-state index in [1.54, 1.807) is 7.05 Å². The third-order valence-electron chi connectivity index (χ3n) is 4.28. The van der Waals surface area contributed by atoms with Crippen LogP contribution in [-0.4, -0.2) is 31.3 Å². The Balaban J connectivity index is 2.23. The van der Waals surface area contributed by atoms with Crippen LogP contribution in [0.15, 0.2) is 42.5 Å². The van der Waals surface area contributed by atoms with Crippen molar-refractivity contribution in [1.82, 2.24) is 5.32 Å². The van der Waals surface area contributed by atoms with Crippen molar-refractivity contribution in [1.29, 1.82) is 0 Å². The first-order chi connectivity index (χ1) is 10.6. The molecule has 0 spiro atoms. The van der Waals surface area contributed by atoms with Gasteiger partial charge in [0.05, 0.1) is 17.6 Å². The number of carbonyl (C=O) groups excluding carboxylic acids is 1. The summed E-state index contributed by atoms with van der Waals surface area (Å²) in [5.41, 5.74) is 2.73. The van der Waals surface area contributed by atoms with Gasteiger partial charge in [-0.2, -0.15) is 0 Å². The molecular formula is C18H19NO3. The van der Waals surface area contributed by atoms with E-state index in [0.717, 1.165) is 16.7 Å². The summed E-state index contributed by atoms with van der Waals surface area (Å²) in [6, 6.07) is 13.6. The lowest BCUT2D eigenvalue weighted by molar-refractivity contribution is 0.0959. The Labute approximate surface area is 129 Å². The molecule has 2 N–H and O–H groups in total. The van der Waals surface area contributed by atoms with Gasteiger partial charge in [-0.15, -0.1) is 0 Å². The maximum Gasteiger partial charge on any atom is 0.254 e. The quantitative estimate of drug-likeness (QED) is 0.911. The molecule has 0 saturated heterocycles. The standard InChI is InChI=1S/C18H19NO3/c1-12-8-14(17(21)19-2)16-15(9-12)18(10-20,11-22-16)13-6-4-3-5-7-13/h3-9,20H,10-11H2,1-2H3,(H,19,21). The normalized spacial score (nSPS) is 19.4.